The van der Waals surface area contributed by atoms with Crippen LogP contribution in [-0.4, -0.2) is 29.4 Å². The van der Waals surface area contributed by atoms with Gasteiger partial charge in [-0.2, -0.15) is 0 Å². The number of nitrogens with zero attached hydrogens (tertiary/aromatic N) is 1. The number of hydrogen-bond donors (Lipinski definition) is 1. The molecule has 19 heavy (non-hydrogen) atoms. The lowest BCUT2D eigenvalue weighted by molar-refractivity contribution is 0.0698. The molecule has 0 saturated carbocycles. The lowest BCUT2D eigenvalue weighted by Gasteiger charge is -2.09. The van der Waals surface area contributed by atoms with E-state index < -0.39 is 5.97 Å². The van der Waals surface area contributed by atoms with Crippen LogP contribution >= 0.6 is 0 Å². The first-order valence-electron chi connectivity index (χ1n) is 6.40. The van der Waals surface area contributed by atoms with Crippen LogP contribution in [0.4, 0.5) is 0 Å². The predicted molar refractivity (Wildman–Crippen MR) is 74.9 cm³/mol. The molecule has 102 valence electrons. The third-order valence-corrected chi connectivity index (χ3v) is 3.33. The van der Waals surface area contributed by atoms with Gasteiger partial charge in [-0.1, -0.05) is 26.0 Å². The van der Waals surface area contributed by atoms with E-state index in [1.807, 2.05) is 22.8 Å². The molecule has 0 atom stereocenters. The third kappa shape index (κ3) is 2.49. The van der Waals surface area contributed by atoms with Crippen LogP contribution in [0.25, 0.3) is 10.9 Å². The summed E-state index contributed by atoms with van der Waals surface area (Å²) in [6.07, 6.45) is 1.71. The van der Waals surface area contributed by atoms with Crippen LogP contribution in [0, 0.1) is 0 Å². The van der Waals surface area contributed by atoms with Crippen molar-refractivity contribution in [2.75, 3.05) is 13.7 Å². The van der Waals surface area contributed by atoms with Gasteiger partial charge in [0.1, 0.15) is 0 Å². The lowest BCUT2D eigenvalue weighted by atomic mass is 9.97. The Balaban J connectivity index is 2.67. The second-order valence-corrected chi connectivity index (χ2v) is 4.93. The second-order valence-electron chi connectivity index (χ2n) is 4.93. The average molecular weight is 261 g/mol. The standard InChI is InChI=1S/C15H19NO3/c1-10(2)11-5-4-6-13-14(11)12(15(17)18)9-16(13)7-8-19-3/h4-6,9-10H,7-8H2,1-3H3,(H,17,18). The number of carboxylic acid groups (broad SMARTS) is 1. The molecule has 2 rings (SSSR count). The largest absolute Gasteiger partial charge is 0.478 e. The summed E-state index contributed by atoms with van der Waals surface area (Å²) in [5.74, 6) is -0.589. The first-order chi connectivity index (χ1) is 9.06. The zero-order valence-electron chi connectivity index (χ0n) is 11.5. The maximum absolute atomic E-state index is 11.4. The minimum Gasteiger partial charge on any atom is -0.478 e. The number of rotatable bonds is 5. The van der Waals surface area contributed by atoms with Gasteiger partial charge in [0.25, 0.3) is 0 Å². The van der Waals surface area contributed by atoms with Crippen molar-refractivity contribution in [2.24, 2.45) is 0 Å². The summed E-state index contributed by atoms with van der Waals surface area (Å²) in [4.78, 5) is 11.4. The molecule has 0 fully saturated rings. The van der Waals surface area contributed by atoms with Crippen molar-refractivity contribution in [1.29, 1.82) is 0 Å². The Morgan fingerprint density at radius 3 is 2.74 bits per heavy atom. The highest BCUT2D eigenvalue weighted by molar-refractivity contribution is 6.05. The number of aromatic carboxylic acids is 1. The maximum atomic E-state index is 11.4. The van der Waals surface area contributed by atoms with Crippen LogP contribution in [0.2, 0.25) is 0 Å². The summed E-state index contributed by atoms with van der Waals surface area (Å²) in [6.45, 7) is 5.37. The average Bonchev–Trinajstić information content (AvgIpc) is 2.75. The number of benzene rings is 1. The normalized spacial score (nSPS) is 11.4. The molecule has 0 unspecified atom stereocenters. The van der Waals surface area contributed by atoms with Crippen LogP contribution in [0.5, 0.6) is 0 Å². The van der Waals surface area contributed by atoms with Crippen LogP contribution in [0.15, 0.2) is 24.4 Å². The molecule has 1 heterocycles. The summed E-state index contributed by atoms with van der Waals surface area (Å²) in [5.41, 5.74) is 2.40. The van der Waals surface area contributed by atoms with E-state index in [1.165, 1.54) is 0 Å². The topological polar surface area (TPSA) is 51.5 Å². The van der Waals surface area contributed by atoms with Crippen molar-refractivity contribution in [1.82, 2.24) is 4.57 Å². The Bertz CT molecular complexity index is 599. The highest BCUT2D eigenvalue weighted by atomic mass is 16.5. The first kappa shape index (κ1) is 13.6. The molecule has 0 aliphatic rings. The number of hydrogen-bond acceptors (Lipinski definition) is 2. The molecule has 1 N–H and O–H groups in total. The predicted octanol–water partition coefficient (Wildman–Crippen LogP) is 3.11. The monoisotopic (exact) mass is 261 g/mol. The minimum absolute atomic E-state index is 0.292. The van der Waals surface area contributed by atoms with E-state index in [2.05, 4.69) is 13.8 Å². The summed E-state index contributed by atoms with van der Waals surface area (Å²) in [6, 6.07) is 5.94. The highest BCUT2D eigenvalue weighted by Crippen LogP contribution is 2.30. The fourth-order valence-electron chi connectivity index (χ4n) is 2.40. The van der Waals surface area contributed by atoms with Crippen LogP contribution in [0.1, 0.15) is 35.7 Å². The fraction of sp³-hybridized carbons (Fsp3) is 0.400. The summed E-state index contributed by atoms with van der Waals surface area (Å²) in [5, 5.41) is 10.2. The molecule has 1 aromatic heterocycles. The smallest absolute Gasteiger partial charge is 0.337 e. The Kier molecular flexibility index (Phi) is 3.90. The van der Waals surface area contributed by atoms with Crippen LogP contribution < -0.4 is 0 Å². The van der Waals surface area contributed by atoms with Gasteiger partial charge >= 0.3 is 5.97 Å². The van der Waals surface area contributed by atoms with Gasteiger partial charge in [-0.05, 0) is 17.5 Å². The molecule has 0 aliphatic carbocycles. The third-order valence-electron chi connectivity index (χ3n) is 3.33. The molecular weight excluding hydrogens is 242 g/mol. The Hall–Kier alpha value is -1.81. The zero-order chi connectivity index (χ0) is 14.0. The highest BCUT2D eigenvalue weighted by Gasteiger charge is 2.18. The minimum atomic E-state index is -0.880. The lowest BCUT2D eigenvalue weighted by Crippen LogP contribution is -2.02. The molecule has 1 aromatic carbocycles. The molecule has 0 saturated heterocycles. The van der Waals surface area contributed by atoms with Gasteiger partial charge in [0, 0.05) is 30.8 Å². The molecule has 0 spiro atoms. The van der Waals surface area contributed by atoms with Gasteiger partial charge in [0.05, 0.1) is 12.2 Å². The van der Waals surface area contributed by atoms with Gasteiger partial charge in [0.2, 0.25) is 0 Å². The quantitative estimate of drug-likeness (QED) is 0.899. The molecule has 0 bridgehead atoms. The van der Waals surface area contributed by atoms with E-state index in [1.54, 1.807) is 13.3 Å². The van der Waals surface area contributed by atoms with Crippen molar-refractivity contribution in [3.8, 4) is 0 Å². The van der Waals surface area contributed by atoms with Crippen molar-refractivity contribution in [3.05, 3.63) is 35.5 Å². The molecule has 4 nitrogen and oxygen atoms in total. The maximum Gasteiger partial charge on any atom is 0.337 e. The van der Waals surface area contributed by atoms with Crippen molar-refractivity contribution in [2.45, 2.75) is 26.3 Å². The van der Waals surface area contributed by atoms with Crippen molar-refractivity contribution in [3.63, 3.8) is 0 Å². The van der Waals surface area contributed by atoms with Gasteiger partial charge in [-0.25, -0.2) is 4.79 Å². The van der Waals surface area contributed by atoms with E-state index in [0.717, 1.165) is 16.5 Å². The number of fused-ring (bicyclic) bond motifs is 1. The van der Waals surface area contributed by atoms with Gasteiger partial charge < -0.3 is 14.4 Å². The van der Waals surface area contributed by atoms with Gasteiger partial charge in [-0.3, -0.25) is 0 Å². The Morgan fingerprint density at radius 1 is 1.42 bits per heavy atom. The molecular formula is C15H19NO3. The number of aromatic nitrogens is 1. The number of ether oxygens (including phenoxy) is 1. The zero-order valence-corrected chi connectivity index (χ0v) is 11.5. The summed E-state index contributed by atoms with van der Waals surface area (Å²) in [7, 11) is 1.64. The second kappa shape index (κ2) is 5.45. The molecule has 0 amide bonds. The molecule has 0 aliphatic heterocycles. The van der Waals surface area contributed by atoms with E-state index >= 15 is 0 Å². The molecule has 4 heteroatoms. The first-order valence-corrected chi connectivity index (χ1v) is 6.40. The van der Waals surface area contributed by atoms with Gasteiger partial charge in [-0.15, -0.1) is 0 Å². The SMILES string of the molecule is COCCn1cc(C(=O)O)c2c(C(C)C)cccc21. The fourth-order valence-corrected chi connectivity index (χ4v) is 2.40. The molecule has 2 aromatic rings. The number of carboxylic acids is 1. The Labute approximate surface area is 112 Å². The van der Waals surface area contributed by atoms with Crippen LogP contribution in [-0.2, 0) is 11.3 Å². The van der Waals surface area contributed by atoms with E-state index in [4.69, 9.17) is 4.74 Å². The van der Waals surface area contributed by atoms with Crippen molar-refractivity contribution >= 4 is 16.9 Å². The van der Waals surface area contributed by atoms with Gasteiger partial charge in [0.15, 0.2) is 0 Å². The van der Waals surface area contributed by atoms with Crippen LogP contribution in [0.3, 0.4) is 0 Å². The number of methoxy groups -OCH3 is 1. The van der Waals surface area contributed by atoms with E-state index in [-0.39, 0.29) is 0 Å². The Morgan fingerprint density at radius 2 is 2.16 bits per heavy atom. The molecule has 0 radical (unpaired) electrons. The van der Waals surface area contributed by atoms with E-state index in [9.17, 15) is 9.90 Å². The van der Waals surface area contributed by atoms with E-state index in [0.29, 0.717) is 24.6 Å². The number of carbonyl (C=O) groups is 1. The summed E-state index contributed by atoms with van der Waals surface area (Å²) < 4.78 is 7.03. The van der Waals surface area contributed by atoms with Crippen molar-refractivity contribution < 1.29 is 14.6 Å². The summed E-state index contributed by atoms with van der Waals surface area (Å²) >= 11 is 0.